The number of carbonyl (C=O) groups is 1. The maximum atomic E-state index is 10.7. The van der Waals surface area contributed by atoms with Crippen molar-refractivity contribution in [2.24, 2.45) is 11.8 Å². The number of hydrogen-bond acceptors (Lipinski definition) is 1. The molecule has 1 heteroatoms. The second-order valence-electron chi connectivity index (χ2n) is 4.32. The van der Waals surface area contributed by atoms with Gasteiger partial charge >= 0.3 is 0 Å². The van der Waals surface area contributed by atoms with Gasteiger partial charge in [0.05, 0.1) is 0 Å². The van der Waals surface area contributed by atoms with E-state index in [0.717, 1.165) is 24.7 Å². The lowest BCUT2D eigenvalue weighted by atomic mass is 9.95. The van der Waals surface area contributed by atoms with Crippen LogP contribution in [-0.2, 0) is 4.79 Å². The van der Waals surface area contributed by atoms with E-state index in [9.17, 15) is 4.79 Å². The standard InChI is InChI=1S/C11H22O/c1-9(2)5-6-10(3)7-8-11(4)12/h9-10H,5-8H2,1-4H3. The third-order valence-electron chi connectivity index (χ3n) is 2.23. The van der Waals surface area contributed by atoms with E-state index in [1.807, 2.05) is 0 Å². The molecule has 0 amide bonds. The van der Waals surface area contributed by atoms with Crippen LogP contribution in [0, 0.1) is 11.8 Å². The Labute approximate surface area is 76.6 Å². The quantitative estimate of drug-likeness (QED) is 0.597. The van der Waals surface area contributed by atoms with Crippen LogP contribution in [0.25, 0.3) is 0 Å². The Morgan fingerprint density at radius 3 is 2.08 bits per heavy atom. The smallest absolute Gasteiger partial charge is 0.129 e. The van der Waals surface area contributed by atoms with E-state index in [2.05, 4.69) is 20.8 Å². The molecular weight excluding hydrogens is 148 g/mol. The highest BCUT2D eigenvalue weighted by Crippen LogP contribution is 2.16. The molecule has 0 radical (unpaired) electrons. The molecule has 0 rings (SSSR count). The van der Waals surface area contributed by atoms with Crippen LogP contribution in [0.3, 0.4) is 0 Å². The summed E-state index contributed by atoms with van der Waals surface area (Å²) in [5, 5.41) is 0. The summed E-state index contributed by atoms with van der Waals surface area (Å²) < 4.78 is 0. The predicted octanol–water partition coefficient (Wildman–Crippen LogP) is 3.43. The van der Waals surface area contributed by atoms with Gasteiger partial charge in [0.25, 0.3) is 0 Å². The van der Waals surface area contributed by atoms with Crippen LogP contribution in [0.5, 0.6) is 0 Å². The highest BCUT2D eigenvalue weighted by atomic mass is 16.1. The lowest BCUT2D eigenvalue weighted by Gasteiger charge is -2.11. The number of carbonyl (C=O) groups excluding carboxylic acids is 1. The minimum atomic E-state index is 0.325. The van der Waals surface area contributed by atoms with Gasteiger partial charge in [0.2, 0.25) is 0 Å². The zero-order chi connectivity index (χ0) is 9.56. The fraction of sp³-hybridized carbons (Fsp3) is 0.909. The van der Waals surface area contributed by atoms with Gasteiger partial charge in [-0.15, -0.1) is 0 Å². The van der Waals surface area contributed by atoms with Gasteiger partial charge in [-0.25, -0.2) is 0 Å². The van der Waals surface area contributed by atoms with E-state index in [1.165, 1.54) is 12.8 Å². The van der Waals surface area contributed by atoms with E-state index in [-0.39, 0.29) is 0 Å². The average Bonchev–Trinajstić information content (AvgIpc) is 1.96. The second-order valence-corrected chi connectivity index (χ2v) is 4.32. The van der Waals surface area contributed by atoms with Crippen LogP contribution in [0.1, 0.15) is 53.4 Å². The van der Waals surface area contributed by atoms with E-state index in [0.29, 0.717) is 5.78 Å². The van der Waals surface area contributed by atoms with Gasteiger partial charge < -0.3 is 4.79 Å². The lowest BCUT2D eigenvalue weighted by Crippen LogP contribution is -2.00. The number of hydrogen-bond donors (Lipinski definition) is 0. The number of ketones is 1. The zero-order valence-electron chi connectivity index (χ0n) is 8.89. The molecule has 0 aromatic carbocycles. The third kappa shape index (κ3) is 7.77. The van der Waals surface area contributed by atoms with E-state index in [1.54, 1.807) is 6.92 Å². The monoisotopic (exact) mass is 170 g/mol. The van der Waals surface area contributed by atoms with Crippen molar-refractivity contribution in [3.8, 4) is 0 Å². The maximum absolute atomic E-state index is 10.7. The summed E-state index contributed by atoms with van der Waals surface area (Å²) in [5.41, 5.74) is 0. The molecule has 0 saturated carbocycles. The van der Waals surface area contributed by atoms with Crippen LogP contribution < -0.4 is 0 Å². The molecule has 0 N–H and O–H groups in total. The Morgan fingerprint density at radius 1 is 1.08 bits per heavy atom. The summed E-state index contributed by atoms with van der Waals surface area (Å²) >= 11 is 0. The first-order valence-corrected chi connectivity index (χ1v) is 5.01. The van der Waals surface area contributed by atoms with Gasteiger partial charge in [0.1, 0.15) is 5.78 Å². The van der Waals surface area contributed by atoms with Crippen LogP contribution in [-0.4, -0.2) is 5.78 Å². The van der Waals surface area contributed by atoms with E-state index < -0.39 is 0 Å². The zero-order valence-corrected chi connectivity index (χ0v) is 8.89. The van der Waals surface area contributed by atoms with Crippen molar-refractivity contribution < 1.29 is 4.79 Å². The van der Waals surface area contributed by atoms with Crippen LogP contribution in [0.4, 0.5) is 0 Å². The fourth-order valence-electron chi connectivity index (χ4n) is 1.21. The fourth-order valence-corrected chi connectivity index (χ4v) is 1.21. The molecule has 0 fully saturated rings. The van der Waals surface area contributed by atoms with Crippen molar-refractivity contribution >= 4 is 5.78 Å². The first-order valence-electron chi connectivity index (χ1n) is 5.01. The first kappa shape index (κ1) is 11.7. The van der Waals surface area contributed by atoms with Gasteiger partial charge in [0.15, 0.2) is 0 Å². The molecule has 0 heterocycles. The van der Waals surface area contributed by atoms with Gasteiger partial charge in [-0.3, -0.25) is 0 Å². The molecule has 0 bridgehead atoms. The molecule has 72 valence electrons. The highest BCUT2D eigenvalue weighted by molar-refractivity contribution is 5.75. The van der Waals surface area contributed by atoms with Crippen molar-refractivity contribution in [1.82, 2.24) is 0 Å². The largest absolute Gasteiger partial charge is 0.300 e. The predicted molar refractivity (Wildman–Crippen MR) is 53.2 cm³/mol. The number of Topliss-reactive ketones (excluding diaryl/α,β-unsaturated/α-hetero) is 1. The first-order chi connectivity index (χ1) is 5.52. The molecule has 0 aromatic heterocycles. The van der Waals surface area contributed by atoms with Crippen LogP contribution >= 0.6 is 0 Å². The molecule has 1 nitrogen and oxygen atoms in total. The van der Waals surface area contributed by atoms with Crippen LogP contribution in [0.15, 0.2) is 0 Å². The summed E-state index contributed by atoms with van der Waals surface area (Å²) in [6.45, 7) is 8.41. The Bertz CT molecular complexity index is 127. The summed E-state index contributed by atoms with van der Waals surface area (Å²) in [7, 11) is 0. The van der Waals surface area contributed by atoms with Crippen molar-refractivity contribution in [3.63, 3.8) is 0 Å². The van der Waals surface area contributed by atoms with Crippen molar-refractivity contribution in [3.05, 3.63) is 0 Å². The molecule has 0 aliphatic rings. The molecule has 1 unspecified atom stereocenters. The normalized spacial score (nSPS) is 13.4. The summed E-state index contributed by atoms with van der Waals surface area (Å²) in [4.78, 5) is 10.7. The van der Waals surface area contributed by atoms with Crippen LogP contribution in [0.2, 0.25) is 0 Å². The highest BCUT2D eigenvalue weighted by Gasteiger charge is 2.04. The van der Waals surface area contributed by atoms with Crippen molar-refractivity contribution in [2.45, 2.75) is 53.4 Å². The Morgan fingerprint density at radius 2 is 1.67 bits per heavy atom. The molecule has 12 heavy (non-hydrogen) atoms. The molecule has 1 atom stereocenters. The maximum Gasteiger partial charge on any atom is 0.129 e. The Balaban J connectivity index is 3.33. The second kappa shape index (κ2) is 6.22. The molecule has 0 saturated heterocycles. The van der Waals surface area contributed by atoms with Gasteiger partial charge in [-0.05, 0) is 25.2 Å². The summed E-state index contributed by atoms with van der Waals surface area (Å²) in [6.07, 6.45) is 4.39. The summed E-state index contributed by atoms with van der Waals surface area (Å²) in [5.74, 6) is 1.84. The average molecular weight is 170 g/mol. The Hall–Kier alpha value is -0.330. The van der Waals surface area contributed by atoms with Gasteiger partial charge in [-0.1, -0.05) is 33.6 Å². The molecule has 0 aliphatic carbocycles. The van der Waals surface area contributed by atoms with Gasteiger partial charge in [0, 0.05) is 6.42 Å². The minimum absolute atomic E-state index is 0.325. The van der Waals surface area contributed by atoms with E-state index in [4.69, 9.17) is 0 Å². The van der Waals surface area contributed by atoms with Crippen molar-refractivity contribution in [2.75, 3.05) is 0 Å². The Kier molecular flexibility index (Phi) is 6.04. The molecule has 0 aliphatic heterocycles. The molecular formula is C11H22O. The van der Waals surface area contributed by atoms with E-state index >= 15 is 0 Å². The lowest BCUT2D eigenvalue weighted by molar-refractivity contribution is -0.117. The molecule has 0 aromatic rings. The number of rotatable bonds is 6. The minimum Gasteiger partial charge on any atom is -0.300 e. The SMILES string of the molecule is CC(=O)CCC(C)CCC(C)C. The summed E-state index contributed by atoms with van der Waals surface area (Å²) in [6, 6.07) is 0. The third-order valence-corrected chi connectivity index (χ3v) is 2.23. The van der Waals surface area contributed by atoms with Crippen molar-refractivity contribution in [1.29, 1.82) is 0 Å². The topological polar surface area (TPSA) is 17.1 Å². The van der Waals surface area contributed by atoms with Gasteiger partial charge in [-0.2, -0.15) is 0 Å². The molecule has 0 spiro atoms.